The molecule has 0 aromatic heterocycles. The average molecular weight is 185 g/mol. The van der Waals surface area contributed by atoms with Crippen LogP contribution in [0.25, 0.3) is 0 Å². The fourth-order valence-electron chi connectivity index (χ4n) is 1.04. The van der Waals surface area contributed by atoms with Gasteiger partial charge in [-0.05, 0) is 39.3 Å². The molecule has 0 spiro atoms. The Hall–Kier alpha value is -0.340. The molecule has 1 atom stereocenters. The lowest BCUT2D eigenvalue weighted by molar-refractivity contribution is 0.0639. The van der Waals surface area contributed by atoms with Gasteiger partial charge in [0.1, 0.15) is 0 Å². The number of hydrogen-bond donors (Lipinski definition) is 1. The third-order valence-corrected chi connectivity index (χ3v) is 1.88. The Morgan fingerprint density at radius 2 is 2.23 bits per heavy atom. The number of nitrogens with one attached hydrogen (secondary N) is 1. The first-order chi connectivity index (χ1) is 6.31. The molecular weight excluding hydrogens is 162 g/mol. The first-order valence-corrected chi connectivity index (χ1v) is 5.24. The Morgan fingerprint density at radius 3 is 2.85 bits per heavy atom. The molecular formula is C11H23NO. The molecule has 78 valence electrons. The predicted molar refractivity (Wildman–Crippen MR) is 58.0 cm³/mol. The summed E-state index contributed by atoms with van der Waals surface area (Å²) in [4.78, 5) is 0. The molecule has 0 bridgehead atoms. The van der Waals surface area contributed by atoms with Gasteiger partial charge in [0.05, 0.1) is 12.7 Å². The number of hydrogen-bond acceptors (Lipinski definition) is 2. The Labute approximate surface area is 82.4 Å². The SMILES string of the molecule is C=CCCOC(C)CCNCCC. The highest BCUT2D eigenvalue weighted by molar-refractivity contribution is 4.65. The molecule has 0 radical (unpaired) electrons. The molecule has 0 aliphatic carbocycles. The third-order valence-electron chi connectivity index (χ3n) is 1.88. The van der Waals surface area contributed by atoms with E-state index in [4.69, 9.17) is 4.74 Å². The summed E-state index contributed by atoms with van der Waals surface area (Å²) in [5.74, 6) is 0. The second-order valence-electron chi connectivity index (χ2n) is 3.30. The lowest BCUT2D eigenvalue weighted by Crippen LogP contribution is -2.21. The highest BCUT2D eigenvalue weighted by atomic mass is 16.5. The molecule has 0 amide bonds. The van der Waals surface area contributed by atoms with Crippen molar-refractivity contribution in [3.05, 3.63) is 12.7 Å². The molecule has 0 fully saturated rings. The Bertz CT molecular complexity index is 115. The molecule has 1 unspecified atom stereocenters. The zero-order valence-electron chi connectivity index (χ0n) is 9.01. The van der Waals surface area contributed by atoms with E-state index in [9.17, 15) is 0 Å². The number of rotatable bonds is 9. The first kappa shape index (κ1) is 12.7. The van der Waals surface area contributed by atoms with Crippen molar-refractivity contribution in [3.63, 3.8) is 0 Å². The zero-order valence-corrected chi connectivity index (χ0v) is 9.01. The fraction of sp³-hybridized carbons (Fsp3) is 0.818. The summed E-state index contributed by atoms with van der Waals surface area (Å²) in [6.45, 7) is 10.9. The van der Waals surface area contributed by atoms with Crippen molar-refractivity contribution in [2.45, 2.75) is 39.2 Å². The smallest absolute Gasteiger partial charge is 0.0559 e. The van der Waals surface area contributed by atoms with Gasteiger partial charge in [0.25, 0.3) is 0 Å². The van der Waals surface area contributed by atoms with E-state index in [1.54, 1.807) is 0 Å². The quantitative estimate of drug-likeness (QED) is 0.440. The topological polar surface area (TPSA) is 21.3 Å². The standard InChI is InChI=1S/C11H23NO/c1-4-6-10-13-11(3)7-9-12-8-5-2/h4,11-12H,1,5-10H2,2-3H3. The van der Waals surface area contributed by atoms with E-state index in [0.29, 0.717) is 6.10 Å². The van der Waals surface area contributed by atoms with Gasteiger partial charge in [-0.15, -0.1) is 6.58 Å². The second kappa shape index (κ2) is 9.75. The van der Waals surface area contributed by atoms with E-state index in [1.807, 2.05) is 6.08 Å². The summed E-state index contributed by atoms with van der Waals surface area (Å²) in [7, 11) is 0. The average Bonchev–Trinajstić information content (AvgIpc) is 2.13. The molecule has 0 rings (SSSR count). The fourth-order valence-corrected chi connectivity index (χ4v) is 1.04. The van der Waals surface area contributed by atoms with Gasteiger partial charge in [0.15, 0.2) is 0 Å². The minimum Gasteiger partial charge on any atom is -0.378 e. The van der Waals surface area contributed by atoms with Crippen molar-refractivity contribution in [3.8, 4) is 0 Å². The maximum Gasteiger partial charge on any atom is 0.0559 e. The Balaban J connectivity index is 3.09. The minimum atomic E-state index is 0.365. The maximum atomic E-state index is 5.55. The lowest BCUT2D eigenvalue weighted by atomic mass is 10.3. The largest absolute Gasteiger partial charge is 0.378 e. The van der Waals surface area contributed by atoms with E-state index in [2.05, 4.69) is 25.7 Å². The molecule has 0 aromatic carbocycles. The second-order valence-corrected chi connectivity index (χ2v) is 3.30. The zero-order chi connectivity index (χ0) is 9.94. The highest BCUT2D eigenvalue weighted by Crippen LogP contribution is 1.97. The van der Waals surface area contributed by atoms with Crippen molar-refractivity contribution < 1.29 is 4.74 Å². The van der Waals surface area contributed by atoms with Crippen molar-refractivity contribution in [2.24, 2.45) is 0 Å². The van der Waals surface area contributed by atoms with E-state index >= 15 is 0 Å². The van der Waals surface area contributed by atoms with Crippen molar-refractivity contribution in [1.29, 1.82) is 0 Å². The van der Waals surface area contributed by atoms with Crippen LogP contribution in [0.5, 0.6) is 0 Å². The molecule has 0 saturated carbocycles. The molecule has 0 heterocycles. The Kier molecular flexibility index (Phi) is 9.49. The molecule has 1 N–H and O–H groups in total. The predicted octanol–water partition coefficient (Wildman–Crippen LogP) is 2.36. The van der Waals surface area contributed by atoms with Gasteiger partial charge in [-0.1, -0.05) is 13.0 Å². The van der Waals surface area contributed by atoms with Gasteiger partial charge < -0.3 is 10.1 Å². The van der Waals surface area contributed by atoms with Crippen LogP contribution in [0.3, 0.4) is 0 Å². The minimum absolute atomic E-state index is 0.365. The highest BCUT2D eigenvalue weighted by Gasteiger charge is 1.99. The molecule has 0 aliphatic rings. The van der Waals surface area contributed by atoms with Crippen LogP contribution >= 0.6 is 0 Å². The molecule has 0 aromatic rings. The van der Waals surface area contributed by atoms with Gasteiger partial charge in [-0.25, -0.2) is 0 Å². The third kappa shape index (κ3) is 9.57. The van der Waals surface area contributed by atoms with Crippen molar-refractivity contribution in [2.75, 3.05) is 19.7 Å². The summed E-state index contributed by atoms with van der Waals surface area (Å²) < 4.78 is 5.55. The molecule has 13 heavy (non-hydrogen) atoms. The monoisotopic (exact) mass is 185 g/mol. The molecule has 2 heteroatoms. The van der Waals surface area contributed by atoms with Crippen LogP contribution in [0, 0.1) is 0 Å². The maximum absolute atomic E-state index is 5.55. The molecule has 2 nitrogen and oxygen atoms in total. The van der Waals surface area contributed by atoms with Gasteiger partial charge in [-0.2, -0.15) is 0 Å². The Morgan fingerprint density at radius 1 is 1.46 bits per heavy atom. The van der Waals surface area contributed by atoms with E-state index in [1.165, 1.54) is 6.42 Å². The van der Waals surface area contributed by atoms with E-state index < -0.39 is 0 Å². The van der Waals surface area contributed by atoms with Gasteiger partial charge in [-0.3, -0.25) is 0 Å². The van der Waals surface area contributed by atoms with Gasteiger partial charge in [0, 0.05) is 0 Å². The number of ether oxygens (including phenoxy) is 1. The van der Waals surface area contributed by atoms with Crippen LogP contribution in [0.15, 0.2) is 12.7 Å². The van der Waals surface area contributed by atoms with Crippen LogP contribution < -0.4 is 5.32 Å². The van der Waals surface area contributed by atoms with Crippen LogP contribution in [0.4, 0.5) is 0 Å². The summed E-state index contributed by atoms with van der Waals surface area (Å²) in [6.07, 6.45) is 5.50. The van der Waals surface area contributed by atoms with E-state index in [-0.39, 0.29) is 0 Å². The van der Waals surface area contributed by atoms with Gasteiger partial charge >= 0.3 is 0 Å². The summed E-state index contributed by atoms with van der Waals surface area (Å²) in [5, 5.41) is 3.36. The van der Waals surface area contributed by atoms with Crippen molar-refractivity contribution >= 4 is 0 Å². The van der Waals surface area contributed by atoms with Gasteiger partial charge in [0.2, 0.25) is 0 Å². The molecule has 0 saturated heterocycles. The normalized spacial score (nSPS) is 12.8. The first-order valence-electron chi connectivity index (χ1n) is 5.24. The van der Waals surface area contributed by atoms with Crippen LogP contribution in [0.2, 0.25) is 0 Å². The van der Waals surface area contributed by atoms with Crippen molar-refractivity contribution in [1.82, 2.24) is 5.32 Å². The van der Waals surface area contributed by atoms with E-state index in [0.717, 1.165) is 32.5 Å². The summed E-state index contributed by atoms with van der Waals surface area (Å²) in [6, 6.07) is 0. The van der Waals surface area contributed by atoms with Crippen LogP contribution in [-0.4, -0.2) is 25.8 Å². The molecule has 0 aliphatic heterocycles. The van der Waals surface area contributed by atoms with Crippen LogP contribution in [-0.2, 0) is 4.74 Å². The van der Waals surface area contributed by atoms with Crippen LogP contribution in [0.1, 0.15) is 33.1 Å². The lowest BCUT2D eigenvalue weighted by Gasteiger charge is -2.12. The summed E-state index contributed by atoms with van der Waals surface area (Å²) in [5.41, 5.74) is 0. The summed E-state index contributed by atoms with van der Waals surface area (Å²) >= 11 is 0.